The fourth-order valence-electron chi connectivity index (χ4n) is 2.69. The van der Waals surface area contributed by atoms with Crippen LogP contribution >= 0.6 is 11.6 Å². The molecule has 0 bridgehead atoms. The Balaban J connectivity index is 1.75. The fraction of sp³-hybridized carbons (Fsp3) is 0. The van der Waals surface area contributed by atoms with Crippen molar-refractivity contribution in [2.24, 2.45) is 0 Å². The predicted molar refractivity (Wildman–Crippen MR) is 105 cm³/mol. The van der Waals surface area contributed by atoms with Crippen LogP contribution in [0.5, 0.6) is 0 Å². The average Bonchev–Trinajstić information content (AvgIpc) is 3.39. The highest BCUT2D eigenvalue weighted by molar-refractivity contribution is 6.30. The lowest BCUT2D eigenvalue weighted by atomic mass is 10.1. The van der Waals surface area contributed by atoms with Crippen LogP contribution in [0.1, 0.15) is 26.6 Å². The third-order valence-corrected chi connectivity index (χ3v) is 4.29. The van der Waals surface area contributed by atoms with Crippen molar-refractivity contribution in [3.8, 4) is 5.69 Å². The van der Waals surface area contributed by atoms with Crippen molar-refractivity contribution in [1.82, 2.24) is 9.78 Å². The third kappa shape index (κ3) is 3.58. The van der Waals surface area contributed by atoms with E-state index in [1.807, 2.05) is 6.07 Å². The Morgan fingerprint density at radius 3 is 2.39 bits per heavy atom. The van der Waals surface area contributed by atoms with Crippen LogP contribution in [0.3, 0.4) is 0 Å². The lowest BCUT2D eigenvalue weighted by molar-refractivity contribution is 0.0981. The van der Waals surface area contributed by atoms with Crippen LogP contribution in [0.4, 0.5) is 5.69 Å². The number of furan rings is 1. The van der Waals surface area contributed by atoms with E-state index < -0.39 is 11.7 Å². The first kappa shape index (κ1) is 17.8. The van der Waals surface area contributed by atoms with Gasteiger partial charge >= 0.3 is 0 Å². The molecule has 0 atom stereocenters. The summed E-state index contributed by atoms with van der Waals surface area (Å²) in [6, 6.07) is 19.0. The minimum Gasteiger partial charge on any atom is -0.461 e. The summed E-state index contributed by atoms with van der Waals surface area (Å²) in [4.78, 5) is 25.7. The molecule has 2 heterocycles. The lowest BCUT2D eigenvalue weighted by Crippen LogP contribution is -2.16. The first-order valence-electron chi connectivity index (χ1n) is 8.42. The number of hydrogen-bond donors (Lipinski definition) is 1. The number of nitrogens with one attached hydrogen (secondary N) is 1. The first-order chi connectivity index (χ1) is 13.6. The summed E-state index contributed by atoms with van der Waals surface area (Å²) < 4.78 is 6.66. The summed E-state index contributed by atoms with van der Waals surface area (Å²) in [6.07, 6.45) is 2.91. The van der Waals surface area contributed by atoms with Gasteiger partial charge in [-0.15, -0.1) is 0 Å². The monoisotopic (exact) mass is 391 g/mol. The van der Waals surface area contributed by atoms with Gasteiger partial charge in [0.2, 0.25) is 5.78 Å². The van der Waals surface area contributed by atoms with E-state index in [0.29, 0.717) is 16.4 Å². The number of nitrogens with zero attached hydrogens (tertiary/aromatic N) is 2. The van der Waals surface area contributed by atoms with Gasteiger partial charge < -0.3 is 9.73 Å². The largest absolute Gasteiger partial charge is 0.461 e. The SMILES string of the molecule is O=C(c1ccco1)c1cn(-c2ccc(Cl)cc2)nc1C(=O)Nc1ccccc1. The quantitative estimate of drug-likeness (QED) is 0.504. The molecule has 1 N–H and O–H groups in total. The molecule has 1 amide bonds. The third-order valence-electron chi connectivity index (χ3n) is 4.04. The molecule has 0 saturated heterocycles. The van der Waals surface area contributed by atoms with E-state index >= 15 is 0 Å². The first-order valence-corrected chi connectivity index (χ1v) is 8.80. The molecule has 4 rings (SSSR count). The summed E-state index contributed by atoms with van der Waals surface area (Å²) >= 11 is 5.93. The maximum absolute atomic E-state index is 12.8. The molecule has 0 aliphatic heterocycles. The van der Waals surface area contributed by atoms with Gasteiger partial charge in [0.25, 0.3) is 5.91 Å². The van der Waals surface area contributed by atoms with E-state index in [1.54, 1.807) is 60.7 Å². The summed E-state index contributed by atoms with van der Waals surface area (Å²) in [5.74, 6) is -0.790. The van der Waals surface area contributed by atoms with Crippen molar-refractivity contribution in [1.29, 1.82) is 0 Å². The van der Waals surface area contributed by atoms with Crippen LogP contribution in [-0.4, -0.2) is 21.5 Å². The Morgan fingerprint density at radius 2 is 1.71 bits per heavy atom. The average molecular weight is 392 g/mol. The topological polar surface area (TPSA) is 77.1 Å². The van der Waals surface area contributed by atoms with Gasteiger partial charge in [0.05, 0.1) is 17.5 Å². The number of aromatic nitrogens is 2. The van der Waals surface area contributed by atoms with Crippen LogP contribution in [-0.2, 0) is 0 Å². The van der Waals surface area contributed by atoms with Crippen LogP contribution in [0.25, 0.3) is 5.69 Å². The zero-order valence-electron chi connectivity index (χ0n) is 14.5. The predicted octanol–water partition coefficient (Wildman–Crippen LogP) is 4.60. The smallest absolute Gasteiger partial charge is 0.276 e. The fourth-order valence-corrected chi connectivity index (χ4v) is 2.81. The molecule has 6 nitrogen and oxygen atoms in total. The van der Waals surface area contributed by atoms with E-state index in [4.69, 9.17) is 16.0 Å². The van der Waals surface area contributed by atoms with Crippen LogP contribution in [0, 0.1) is 0 Å². The molecule has 0 aliphatic rings. The zero-order valence-corrected chi connectivity index (χ0v) is 15.3. The van der Waals surface area contributed by atoms with Crippen LogP contribution < -0.4 is 5.32 Å². The maximum atomic E-state index is 12.8. The molecule has 0 unspecified atom stereocenters. The highest BCUT2D eigenvalue weighted by Gasteiger charge is 2.25. The maximum Gasteiger partial charge on any atom is 0.276 e. The van der Waals surface area contributed by atoms with E-state index in [1.165, 1.54) is 17.1 Å². The van der Waals surface area contributed by atoms with E-state index in [9.17, 15) is 9.59 Å². The molecule has 0 radical (unpaired) electrons. The van der Waals surface area contributed by atoms with Gasteiger partial charge in [-0.05, 0) is 48.5 Å². The number of benzene rings is 2. The molecule has 7 heteroatoms. The number of para-hydroxylation sites is 1. The number of ketones is 1. The molecular weight excluding hydrogens is 378 g/mol. The van der Waals surface area contributed by atoms with Gasteiger partial charge in [-0.1, -0.05) is 29.8 Å². The van der Waals surface area contributed by atoms with Gasteiger partial charge in [-0.25, -0.2) is 4.68 Å². The molecule has 0 saturated carbocycles. The Labute approximate surface area is 165 Å². The molecular formula is C21H14ClN3O3. The number of carbonyl (C=O) groups excluding carboxylic acids is 2. The van der Waals surface area contributed by atoms with Crippen molar-refractivity contribution in [2.75, 3.05) is 5.32 Å². The minimum atomic E-state index is -0.492. The molecule has 2 aromatic heterocycles. The van der Waals surface area contributed by atoms with Crippen molar-refractivity contribution in [3.63, 3.8) is 0 Å². The van der Waals surface area contributed by atoms with E-state index in [2.05, 4.69) is 10.4 Å². The van der Waals surface area contributed by atoms with Gasteiger partial charge in [0.15, 0.2) is 11.5 Å². The van der Waals surface area contributed by atoms with Crippen molar-refractivity contribution >= 4 is 29.0 Å². The summed E-state index contributed by atoms with van der Waals surface area (Å²) in [7, 11) is 0. The van der Waals surface area contributed by atoms with Crippen LogP contribution in [0.15, 0.2) is 83.6 Å². The molecule has 28 heavy (non-hydrogen) atoms. The van der Waals surface area contributed by atoms with E-state index in [-0.39, 0.29) is 17.0 Å². The number of amides is 1. The lowest BCUT2D eigenvalue weighted by Gasteiger charge is -2.04. The summed E-state index contributed by atoms with van der Waals surface area (Å²) in [5, 5.41) is 7.66. The Hall–Kier alpha value is -3.64. The van der Waals surface area contributed by atoms with Gasteiger partial charge in [0, 0.05) is 16.9 Å². The van der Waals surface area contributed by atoms with E-state index in [0.717, 1.165) is 0 Å². The Kier molecular flexibility index (Phi) is 4.78. The molecule has 0 fully saturated rings. The number of hydrogen-bond acceptors (Lipinski definition) is 4. The molecule has 0 aliphatic carbocycles. The standard InChI is InChI=1S/C21H14ClN3O3/c22-14-8-10-16(11-9-14)25-13-17(20(26)18-7-4-12-28-18)19(24-25)21(27)23-15-5-2-1-3-6-15/h1-13H,(H,23,27). The Bertz CT molecular complexity index is 1120. The molecule has 2 aromatic carbocycles. The van der Waals surface area contributed by atoms with Gasteiger partial charge in [-0.3, -0.25) is 9.59 Å². The summed E-state index contributed by atoms with van der Waals surface area (Å²) in [6.45, 7) is 0. The minimum absolute atomic E-state index is 0.000188. The van der Waals surface area contributed by atoms with Gasteiger partial charge in [0.1, 0.15) is 0 Å². The number of carbonyl (C=O) groups is 2. The Morgan fingerprint density at radius 1 is 0.964 bits per heavy atom. The van der Waals surface area contributed by atoms with Gasteiger partial charge in [-0.2, -0.15) is 5.10 Å². The second-order valence-corrected chi connectivity index (χ2v) is 6.38. The van der Waals surface area contributed by atoms with Crippen LogP contribution in [0.2, 0.25) is 5.02 Å². The zero-order chi connectivity index (χ0) is 19.5. The molecule has 4 aromatic rings. The highest BCUT2D eigenvalue weighted by atomic mass is 35.5. The molecule has 0 spiro atoms. The second kappa shape index (κ2) is 7.54. The van der Waals surface area contributed by atoms with Crippen molar-refractivity contribution in [2.45, 2.75) is 0 Å². The normalized spacial score (nSPS) is 10.6. The second-order valence-electron chi connectivity index (χ2n) is 5.94. The summed E-state index contributed by atoms with van der Waals surface area (Å²) in [5.41, 5.74) is 1.40. The number of anilines is 1. The highest BCUT2D eigenvalue weighted by Crippen LogP contribution is 2.20. The number of rotatable bonds is 5. The van der Waals surface area contributed by atoms with Crippen molar-refractivity contribution < 1.29 is 14.0 Å². The van der Waals surface area contributed by atoms with Crippen molar-refractivity contribution in [3.05, 3.63) is 101 Å². The molecule has 138 valence electrons. The number of halogens is 1.